The number of carbonyl (C=O) groups excluding carboxylic acids is 1. The molecule has 3 aromatic heterocycles. The molecule has 1 aromatic carbocycles. The Balaban J connectivity index is 1.85. The van der Waals surface area contributed by atoms with Crippen LogP contribution in [0.4, 0.5) is 0 Å². The van der Waals surface area contributed by atoms with Crippen molar-refractivity contribution in [3.63, 3.8) is 0 Å². The number of aromatic nitrogens is 2. The van der Waals surface area contributed by atoms with Crippen LogP contribution in [-0.2, 0) is 6.54 Å². The number of nitrogens with zero attached hydrogens (tertiary/aromatic N) is 1. The van der Waals surface area contributed by atoms with Crippen molar-refractivity contribution < 1.29 is 4.79 Å². The third kappa shape index (κ3) is 2.91. The number of fused-ring (bicyclic) bond motifs is 3. The summed E-state index contributed by atoms with van der Waals surface area (Å²) < 4.78 is 2.16. The zero-order valence-electron chi connectivity index (χ0n) is 12.5. The number of carbonyl (C=O) groups is 1. The largest absolute Gasteiger partial charge is 0.346 e. The fourth-order valence-electron chi connectivity index (χ4n) is 2.58. The SMILES string of the molecule is O=C(NCc1cccs1)c1sc(=S)n2c1[nH]c(=O)c1ccc(Cl)cc12. The number of H-pyrrole nitrogens is 1. The van der Waals surface area contributed by atoms with Crippen LogP contribution in [0.2, 0.25) is 5.02 Å². The molecule has 0 spiro atoms. The van der Waals surface area contributed by atoms with Crippen LogP contribution in [0.5, 0.6) is 0 Å². The van der Waals surface area contributed by atoms with Gasteiger partial charge in [-0.2, -0.15) is 0 Å². The quantitative estimate of drug-likeness (QED) is 0.500. The minimum absolute atomic E-state index is 0.274. The van der Waals surface area contributed by atoms with Gasteiger partial charge in [0.1, 0.15) is 10.5 Å². The van der Waals surface area contributed by atoms with Gasteiger partial charge in [-0.1, -0.05) is 29.0 Å². The van der Waals surface area contributed by atoms with E-state index in [0.29, 0.717) is 36.9 Å². The Morgan fingerprint density at radius 3 is 2.96 bits per heavy atom. The fraction of sp³-hybridized carbons (Fsp3) is 0.0625. The van der Waals surface area contributed by atoms with Crippen LogP contribution >= 0.6 is 46.5 Å². The van der Waals surface area contributed by atoms with Gasteiger partial charge in [0, 0.05) is 9.90 Å². The van der Waals surface area contributed by atoms with E-state index in [0.717, 1.165) is 16.2 Å². The summed E-state index contributed by atoms with van der Waals surface area (Å²) in [5.74, 6) is -0.274. The molecule has 0 bridgehead atoms. The second-order valence-corrected chi connectivity index (χ2v) is 8.37. The monoisotopic (exact) mass is 407 g/mol. The topological polar surface area (TPSA) is 66.4 Å². The van der Waals surface area contributed by atoms with Crippen molar-refractivity contribution >= 4 is 68.9 Å². The van der Waals surface area contributed by atoms with E-state index in [4.69, 9.17) is 23.8 Å². The highest BCUT2D eigenvalue weighted by Crippen LogP contribution is 2.24. The van der Waals surface area contributed by atoms with Gasteiger partial charge in [0.15, 0.2) is 3.95 Å². The number of benzene rings is 1. The van der Waals surface area contributed by atoms with Crippen LogP contribution in [0.1, 0.15) is 14.5 Å². The molecule has 0 aliphatic carbocycles. The van der Waals surface area contributed by atoms with Crippen molar-refractivity contribution in [3.05, 3.63) is 64.8 Å². The van der Waals surface area contributed by atoms with Gasteiger partial charge in [-0.15, -0.1) is 11.3 Å². The summed E-state index contributed by atoms with van der Waals surface area (Å²) in [5.41, 5.74) is 0.690. The summed E-state index contributed by atoms with van der Waals surface area (Å²) in [5, 5.41) is 5.78. The lowest BCUT2D eigenvalue weighted by molar-refractivity contribution is 0.0956. The third-order valence-electron chi connectivity index (χ3n) is 3.70. The van der Waals surface area contributed by atoms with E-state index in [9.17, 15) is 9.59 Å². The molecule has 0 aliphatic rings. The lowest BCUT2D eigenvalue weighted by Gasteiger charge is -2.05. The highest BCUT2D eigenvalue weighted by Gasteiger charge is 2.18. The molecular weight excluding hydrogens is 398 g/mol. The fourth-order valence-corrected chi connectivity index (χ4v) is 4.69. The molecule has 126 valence electrons. The molecule has 9 heteroatoms. The number of thiophene rings is 1. The smallest absolute Gasteiger partial charge is 0.265 e. The minimum Gasteiger partial charge on any atom is -0.346 e. The summed E-state index contributed by atoms with van der Waals surface area (Å²) >= 11 is 14.2. The molecule has 0 radical (unpaired) electrons. The number of hydrogen-bond acceptors (Lipinski definition) is 5. The lowest BCUT2D eigenvalue weighted by Crippen LogP contribution is -2.22. The predicted molar refractivity (Wildman–Crippen MR) is 105 cm³/mol. The molecule has 4 rings (SSSR count). The average molecular weight is 408 g/mol. The number of rotatable bonds is 3. The van der Waals surface area contributed by atoms with E-state index in [-0.39, 0.29) is 11.5 Å². The molecule has 1 amide bonds. The van der Waals surface area contributed by atoms with Crippen molar-refractivity contribution in [2.75, 3.05) is 0 Å². The molecule has 5 nitrogen and oxygen atoms in total. The standard InChI is InChI=1S/C16H10ClN3O2S3/c17-8-3-4-10-11(6-8)20-13(19-14(10)21)12(25-16(20)23)15(22)18-7-9-2-1-5-24-9/h1-6H,7H2,(H,18,22)(H,19,21). The van der Waals surface area contributed by atoms with Crippen molar-refractivity contribution in [2.45, 2.75) is 6.54 Å². The zero-order chi connectivity index (χ0) is 17.6. The van der Waals surface area contributed by atoms with Crippen LogP contribution in [-0.4, -0.2) is 15.3 Å². The van der Waals surface area contributed by atoms with Gasteiger partial charge in [0.2, 0.25) is 0 Å². The maximum atomic E-state index is 12.6. The number of amides is 1. The average Bonchev–Trinajstić information content (AvgIpc) is 3.20. The molecule has 0 atom stereocenters. The number of halogens is 1. The first-order valence-corrected chi connectivity index (χ1v) is 9.70. The number of hydrogen-bond donors (Lipinski definition) is 2. The van der Waals surface area contributed by atoms with Gasteiger partial charge in [0.05, 0.1) is 17.4 Å². The van der Waals surface area contributed by atoms with Crippen LogP contribution in [0, 0.1) is 3.95 Å². The van der Waals surface area contributed by atoms with E-state index in [1.165, 1.54) is 0 Å². The highest BCUT2D eigenvalue weighted by molar-refractivity contribution is 7.73. The van der Waals surface area contributed by atoms with Gasteiger partial charge in [-0.3, -0.25) is 14.0 Å². The Labute approximate surface area is 159 Å². The van der Waals surface area contributed by atoms with Gasteiger partial charge >= 0.3 is 0 Å². The third-order valence-corrected chi connectivity index (χ3v) is 6.18. The summed E-state index contributed by atoms with van der Waals surface area (Å²) in [6.07, 6.45) is 0. The molecule has 0 saturated heterocycles. The summed E-state index contributed by atoms with van der Waals surface area (Å²) in [7, 11) is 0. The van der Waals surface area contributed by atoms with Crippen molar-refractivity contribution in [2.24, 2.45) is 0 Å². The maximum Gasteiger partial charge on any atom is 0.265 e. The van der Waals surface area contributed by atoms with Crippen molar-refractivity contribution in [3.8, 4) is 0 Å². The second kappa shape index (κ2) is 6.38. The van der Waals surface area contributed by atoms with Gasteiger partial charge in [-0.25, -0.2) is 0 Å². The van der Waals surface area contributed by atoms with Crippen LogP contribution in [0.3, 0.4) is 0 Å². The normalized spacial score (nSPS) is 11.2. The van der Waals surface area contributed by atoms with Crippen molar-refractivity contribution in [1.82, 2.24) is 14.7 Å². The number of nitrogens with one attached hydrogen (secondary N) is 2. The first kappa shape index (κ1) is 16.5. The Bertz CT molecular complexity index is 1220. The molecule has 0 unspecified atom stereocenters. The number of thiazole rings is 1. The van der Waals surface area contributed by atoms with Crippen LogP contribution in [0.15, 0.2) is 40.5 Å². The summed E-state index contributed by atoms with van der Waals surface area (Å²) in [4.78, 5) is 29.1. The second-order valence-electron chi connectivity index (χ2n) is 5.26. The lowest BCUT2D eigenvalue weighted by atomic mass is 10.2. The number of aromatic amines is 1. The van der Waals surface area contributed by atoms with E-state index in [2.05, 4.69) is 10.3 Å². The van der Waals surface area contributed by atoms with Crippen molar-refractivity contribution in [1.29, 1.82) is 0 Å². The van der Waals surface area contributed by atoms with Gasteiger partial charge in [0.25, 0.3) is 11.5 Å². The molecule has 4 aromatic rings. The Morgan fingerprint density at radius 2 is 2.20 bits per heavy atom. The molecule has 0 fully saturated rings. The van der Waals surface area contributed by atoms with E-state index in [1.807, 2.05) is 17.5 Å². The predicted octanol–water partition coefficient (Wildman–Crippen LogP) is 4.22. The molecule has 2 N–H and O–H groups in total. The zero-order valence-corrected chi connectivity index (χ0v) is 15.7. The molecule has 0 aliphatic heterocycles. The maximum absolute atomic E-state index is 12.6. The molecule has 0 saturated carbocycles. The van der Waals surface area contributed by atoms with Gasteiger partial charge in [-0.05, 0) is 41.9 Å². The molecule has 3 heterocycles. The summed E-state index contributed by atoms with van der Waals surface area (Å²) in [6.45, 7) is 0.428. The van der Waals surface area contributed by atoms with E-state index in [1.54, 1.807) is 33.9 Å². The summed E-state index contributed by atoms with van der Waals surface area (Å²) in [6, 6.07) is 8.84. The first-order valence-electron chi connectivity index (χ1n) is 7.22. The van der Waals surface area contributed by atoms with E-state index >= 15 is 0 Å². The Morgan fingerprint density at radius 1 is 1.36 bits per heavy atom. The van der Waals surface area contributed by atoms with Crippen LogP contribution < -0.4 is 10.9 Å². The Kier molecular flexibility index (Phi) is 4.20. The van der Waals surface area contributed by atoms with E-state index < -0.39 is 0 Å². The minimum atomic E-state index is -0.285. The van der Waals surface area contributed by atoms with Gasteiger partial charge < -0.3 is 10.3 Å². The molecule has 25 heavy (non-hydrogen) atoms. The molecular formula is C16H10ClN3O2S3. The van der Waals surface area contributed by atoms with Crippen LogP contribution in [0.25, 0.3) is 16.6 Å². The Hall–Kier alpha value is -2.00. The first-order chi connectivity index (χ1) is 12.0. The highest BCUT2D eigenvalue weighted by atomic mass is 35.5.